The minimum Gasteiger partial charge on any atom is -0.303 e. The van der Waals surface area contributed by atoms with E-state index in [2.05, 4.69) is 46.2 Å². The van der Waals surface area contributed by atoms with Crippen molar-refractivity contribution in [3.8, 4) is 10.4 Å². The van der Waals surface area contributed by atoms with Gasteiger partial charge in [-0.15, -0.1) is 34.0 Å². The Kier molecular flexibility index (Phi) is 4.62. The van der Waals surface area contributed by atoms with Gasteiger partial charge in [-0.25, -0.2) is 4.98 Å². The van der Waals surface area contributed by atoms with Crippen molar-refractivity contribution in [3.05, 3.63) is 50.4 Å². The van der Waals surface area contributed by atoms with Gasteiger partial charge in [0.05, 0.1) is 6.04 Å². The van der Waals surface area contributed by atoms with Gasteiger partial charge in [0.15, 0.2) is 0 Å². The molecular formula is C15H16N2S3. The normalized spacial score (nSPS) is 12.7. The van der Waals surface area contributed by atoms with Gasteiger partial charge in [-0.1, -0.05) is 13.0 Å². The maximum atomic E-state index is 4.41. The van der Waals surface area contributed by atoms with Gasteiger partial charge in [0, 0.05) is 33.4 Å². The van der Waals surface area contributed by atoms with Crippen LogP contribution in [0.3, 0.4) is 0 Å². The summed E-state index contributed by atoms with van der Waals surface area (Å²) >= 11 is 5.34. The highest BCUT2D eigenvalue weighted by Gasteiger charge is 2.12. The van der Waals surface area contributed by atoms with Crippen molar-refractivity contribution < 1.29 is 0 Å². The third-order valence-corrected chi connectivity index (χ3v) is 5.88. The second-order valence-corrected chi connectivity index (χ2v) is 7.36. The average molecular weight is 321 g/mol. The van der Waals surface area contributed by atoms with E-state index in [4.69, 9.17) is 0 Å². The van der Waals surface area contributed by atoms with Crippen LogP contribution >= 0.6 is 34.0 Å². The van der Waals surface area contributed by atoms with Crippen LogP contribution < -0.4 is 5.32 Å². The van der Waals surface area contributed by atoms with Crippen molar-refractivity contribution in [3.63, 3.8) is 0 Å². The molecule has 1 N–H and O–H groups in total. The van der Waals surface area contributed by atoms with E-state index in [-0.39, 0.29) is 0 Å². The Balaban J connectivity index is 1.64. The molecule has 0 bridgehead atoms. The van der Waals surface area contributed by atoms with Gasteiger partial charge in [-0.05, 0) is 29.3 Å². The number of nitrogens with one attached hydrogen (secondary N) is 1. The lowest BCUT2D eigenvalue weighted by Crippen LogP contribution is -2.19. The Labute approximate surface area is 131 Å². The van der Waals surface area contributed by atoms with Crippen LogP contribution in [0.1, 0.15) is 29.3 Å². The first kappa shape index (κ1) is 13.9. The Hall–Kier alpha value is -1.01. The van der Waals surface area contributed by atoms with E-state index >= 15 is 0 Å². The predicted molar refractivity (Wildman–Crippen MR) is 89.6 cm³/mol. The van der Waals surface area contributed by atoms with Gasteiger partial charge in [-0.2, -0.15) is 0 Å². The Morgan fingerprint density at radius 3 is 2.90 bits per heavy atom. The van der Waals surface area contributed by atoms with Crippen LogP contribution in [0.15, 0.2) is 40.5 Å². The topological polar surface area (TPSA) is 24.9 Å². The number of thiophene rings is 2. The number of hydrogen-bond donors (Lipinski definition) is 1. The molecule has 0 amide bonds. The molecule has 20 heavy (non-hydrogen) atoms. The summed E-state index contributed by atoms with van der Waals surface area (Å²) in [7, 11) is 0. The minimum absolute atomic E-state index is 0.363. The zero-order chi connectivity index (χ0) is 13.8. The van der Waals surface area contributed by atoms with Gasteiger partial charge >= 0.3 is 0 Å². The zero-order valence-corrected chi connectivity index (χ0v) is 13.7. The van der Waals surface area contributed by atoms with Crippen molar-refractivity contribution in [1.82, 2.24) is 10.3 Å². The molecule has 2 nitrogen and oxygen atoms in total. The van der Waals surface area contributed by atoms with Gasteiger partial charge in [0.25, 0.3) is 0 Å². The van der Waals surface area contributed by atoms with E-state index in [1.807, 2.05) is 22.9 Å². The van der Waals surface area contributed by atoms with Crippen LogP contribution in [0.2, 0.25) is 0 Å². The molecule has 0 saturated heterocycles. The summed E-state index contributed by atoms with van der Waals surface area (Å²) in [6.45, 7) is 3.11. The highest BCUT2D eigenvalue weighted by molar-refractivity contribution is 7.14. The largest absolute Gasteiger partial charge is 0.303 e. The van der Waals surface area contributed by atoms with Crippen molar-refractivity contribution >= 4 is 34.0 Å². The molecule has 5 heteroatoms. The van der Waals surface area contributed by atoms with Crippen LogP contribution in [0.4, 0.5) is 0 Å². The molecule has 3 rings (SSSR count). The fourth-order valence-electron chi connectivity index (χ4n) is 2.08. The number of nitrogens with zero attached hydrogens (tertiary/aromatic N) is 1. The van der Waals surface area contributed by atoms with Crippen LogP contribution in [0.25, 0.3) is 10.4 Å². The predicted octanol–water partition coefficient (Wildman–Crippen LogP) is 5.17. The molecule has 3 aromatic rings. The van der Waals surface area contributed by atoms with Crippen LogP contribution in [-0.2, 0) is 6.54 Å². The summed E-state index contributed by atoms with van der Waals surface area (Å²) < 4.78 is 0. The molecule has 0 aliphatic carbocycles. The standard InChI is InChI=1S/C15H16N2S3/c1-2-13(15-16-5-7-19-15)17-9-12-8-11(10-20-12)14-4-3-6-18-14/h3-8,10,13,17H,2,9H2,1H3. The molecule has 0 fully saturated rings. The smallest absolute Gasteiger partial charge is 0.109 e. The summed E-state index contributed by atoms with van der Waals surface area (Å²) in [5, 5.41) is 11.2. The third kappa shape index (κ3) is 3.17. The quantitative estimate of drug-likeness (QED) is 0.677. The SMILES string of the molecule is CCC(NCc1cc(-c2cccs2)cs1)c1nccs1. The lowest BCUT2D eigenvalue weighted by atomic mass is 10.2. The van der Waals surface area contributed by atoms with Crippen molar-refractivity contribution in [1.29, 1.82) is 0 Å². The zero-order valence-electron chi connectivity index (χ0n) is 11.2. The fraction of sp³-hybridized carbons (Fsp3) is 0.267. The van der Waals surface area contributed by atoms with E-state index in [9.17, 15) is 0 Å². The van der Waals surface area contributed by atoms with E-state index in [1.54, 1.807) is 22.7 Å². The van der Waals surface area contributed by atoms with Crippen molar-refractivity contribution in [2.24, 2.45) is 0 Å². The molecule has 3 heterocycles. The maximum absolute atomic E-state index is 4.41. The summed E-state index contributed by atoms with van der Waals surface area (Å²) in [6.07, 6.45) is 2.95. The summed E-state index contributed by atoms with van der Waals surface area (Å²) in [5.74, 6) is 0. The lowest BCUT2D eigenvalue weighted by molar-refractivity contribution is 0.519. The average Bonchev–Trinajstić information content (AvgIpc) is 3.22. The molecule has 0 spiro atoms. The van der Waals surface area contributed by atoms with E-state index in [1.165, 1.54) is 20.3 Å². The fourth-order valence-corrected chi connectivity index (χ4v) is 4.50. The Bertz CT molecular complexity index is 626. The van der Waals surface area contributed by atoms with Crippen molar-refractivity contribution in [2.75, 3.05) is 0 Å². The molecule has 0 saturated carbocycles. The highest BCUT2D eigenvalue weighted by atomic mass is 32.1. The summed E-state index contributed by atoms with van der Waals surface area (Å²) in [6, 6.07) is 6.93. The van der Waals surface area contributed by atoms with Crippen LogP contribution in [0, 0.1) is 0 Å². The molecule has 3 aromatic heterocycles. The van der Waals surface area contributed by atoms with Gasteiger partial charge in [0.2, 0.25) is 0 Å². The van der Waals surface area contributed by atoms with E-state index in [0.717, 1.165) is 13.0 Å². The van der Waals surface area contributed by atoms with E-state index < -0.39 is 0 Å². The van der Waals surface area contributed by atoms with Gasteiger partial charge in [0.1, 0.15) is 5.01 Å². The number of aromatic nitrogens is 1. The summed E-state index contributed by atoms with van der Waals surface area (Å²) in [5.41, 5.74) is 1.34. The van der Waals surface area contributed by atoms with Gasteiger partial charge < -0.3 is 5.32 Å². The lowest BCUT2D eigenvalue weighted by Gasteiger charge is -2.13. The second kappa shape index (κ2) is 6.63. The third-order valence-electron chi connectivity index (χ3n) is 3.14. The van der Waals surface area contributed by atoms with E-state index in [0.29, 0.717) is 6.04 Å². The second-order valence-electron chi connectivity index (χ2n) is 4.49. The summed E-state index contributed by atoms with van der Waals surface area (Å²) in [4.78, 5) is 7.13. The minimum atomic E-state index is 0.363. The number of thiazole rings is 1. The first-order chi connectivity index (χ1) is 9.86. The molecule has 1 unspecified atom stereocenters. The highest BCUT2D eigenvalue weighted by Crippen LogP contribution is 2.29. The molecule has 0 aliphatic rings. The first-order valence-electron chi connectivity index (χ1n) is 6.61. The molecule has 104 valence electrons. The number of hydrogen-bond acceptors (Lipinski definition) is 5. The monoisotopic (exact) mass is 320 g/mol. The molecule has 0 aliphatic heterocycles. The maximum Gasteiger partial charge on any atom is 0.109 e. The van der Waals surface area contributed by atoms with Crippen molar-refractivity contribution in [2.45, 2.75) is 25.9 Å². The Morgan fingerprint density at radius 1 is 1.25 bits per heavy atom. The molecule has 1 atom stereocenters. The first-order valence-corrected chi connectivity index (χ1v) is 9.24. The number of rotatable bonds is 6. The molecule has 0 radical (unpaired) electrons. The van der Waals surface area contributed by atoms with Gasteiger partial charge in [-0.3, -0.25) is 0 Å². The molecule has 0 aromatic carbocycles. The molecular weight excluding hydrogens is 304 g/mol. The van der Waals surface area contributed by atoms with Crippen LogP contribution in [0.5, 0.6) is 0 Å². The van der Waals surface area contributed by atoms with Crippen LogP contribution in [-0.4, -0.2) is 4.98 Å². The Morgan fingerprint density at radius 2 is 2.20 bits per heavy atom.